The van der Waals surface area contributed by atoms with Gasteiger partial charge in [0, 0.05) is 26.0 Å². The number of carboxylic acid groups (broad SMARTS) is 1. The minimum Gasteiger partial charge on any atom is -0.481 e. The van der Waals surface area contributed by atoms with Crippen LogP contribution in [0, 0.1) is 0 Å². The summed E-state index contributed by atoms with van der Waals surface area (Å²) in [5.74, 6) is -0.803. The fourth-order valence-corrected chi connectivity index (χ4v) is 2.29. The summed E-state index contributed by atoms with van der Waals surface area (Å²) in [6, 6.07) is 7.91. The van der Waals surface area contributed by atoms with Gasteiger partial charge in [-0.1, -0.05) is 24.3 Å². The van der Waals surface area contributed by atoms with E-state index in [1.54, 1.807) is 7.11 Å². The van der Waals surface area contributed by atoms with Gasteiger partial charge in [-0.15, -0.1) is 0 Å². The molecule has 1 unspecified atom stereocenters. The lowest BCUT2D eigenvalue weighted by Crippen LogP contribution is -2.15. The van der Waals surface area contributed by atoms with Crippen LogP contribution in [-0.4, -0.2) is 23.8 Å². The number of carboxylic acids is 1. The second-order valence-electron chi connectivity index (χ2n) is 5.34. The van der Waals surface area contributed by atoms with Crippen molar-refractivity contribution in [3.05, 3.63) is 35.4 Å². The van der Waals surface area contributed by atoms with E-state index < -0.39 is 5.97 Å². The number of hydrogen-bond donors (Lipinski definition) is 2. The third-order valence-electron chi connectivity index (χ3n) is 3.84. The third kappa shape index (κ3) is 3.78. The largest absolute Gasteiger partial charge is 0.481 e. The van der Waals surface area contributed by atoms with Crippen molar-refractivity contribution in [2.75, 3.05) is 7.11 Å². The van der Waals surface area contributed by atoms with Gasteiger partial charge in [0.15, 0.2) is 0 Å². The van der Waals surface area contributed by atoms with E-state index in [2.05, 4.69) is 12.1 Å². The maximum absolute atomic E-state index is 10.5. The lowest BCUT2D eigenvalue weighted by molar-refractivity contribution is -0.137. The zero-order valence-corrected chi connectivity index (χ0v) is 11.3. The number of carbonyl (C=O) groups is 1. The summed E-state index contributed by atoms with van der Waals surface area (Å²) in [6.07, 6.45) is 3.77. The number of methoxy groups -OCH3 is 1. The Hall–Kier alpha value is -1.39. The lowest BCUT2D eigenvalue weighted by atomic mass is 9.99. The molecule has 1 aliphatic rings. The van der Waals surface area contributed by atoms with Crippen molar-refractivity contribution in [3.63, 3.8) is 0 Å². The molecule has 1 aromatic carbocycles. The highest BCUT2D eigenvalue weighted by molar-refractivity contribution is 5.66. The standard InChI is InChI=1S/C15H21NO3/c1-19-15(8-9-15)10-11-2-4-12(5-3-11)13(16)6-7-14(17)18/h2-5,13H,6-10,16H2,1H3,(H,17,18). The molecular formula is C15H21NO3. The van der Waals surface area contributed by atoms with Gasteiger partial charge in [0.2, 0.25) is 0 Å². The molecule has 19 heavy (non-hydrogen) atoms. The molecule has 3 N–H and O–H groups in total. The zero-order chi connectivity index (χ0) is 13.9. The predicted molar refractivity (Wildman–Crippen MR) is 72.9 cm³/mol. The SMILES string of the molecule is COC1(Cc2ccc(C(N)CCC(=O)O)cc2)CC1. The molecule has 0 amide bonds. The van der Waals surface area contributed by atoms with E-state index in [0.717, 1.165) is 24.8 Å². The quantitative estimate of drug-likeness (QED) is 0.791. The number of nitrogens with two attached hydrogens (primary N) is 1. The van der Waals surface area contributed by atoms with E-state index in [0.29, 0.717) is 6.42 Å². The summed E-state index contributed by atoms with van der Waals surface area (Å²) in [4.78, 5) is 10.5. The van der Waals surface area contributed by atoms with Crippen molar-refractivity contribution in [3.8, 4) is 0 Å². The fourth-order valence-electron chi connectivity index (χ4n) is 2.29. The van der Waals surface area contributed by atoms with E-state index >= 15 is 0 Å². The smallest absolute Gasteiger partial charge is 0.303 e. The first kappa shape index (κ1) is 14.0. The van der Waals surface area contributed by atoms with E-state index in [4.69, 9.17) is 15.6 Å². The van der Waals surface area contributed by atoms with Gasteiger partial charge >= 0.3 is 5.97 Å². The minimum atomic E-state index is -0.803. The maximum atomic E-state index is 10.5. The number of ether oxygens (including phenoxy) is 1. The molecule has 104 valence electrons. The van der Waals surface area contributed by atoms with Gasteiger partial charge in [0.1, 0.15) is 0 Å². The van der Waals surface area contributed by atoms with Crippen molar-refractivity contribution in [2.24, 2.45) is 5.73 Å². The first-order valence-corrected chi connectivity index (χ1v) is 6.66. The molecule has 4 heteroatoms. The van der Waals surface area contributed by atoms with Gasteiger partial charge in [-0.25, -0.2) is 0 Å². The van der Waals surface area contributed by atoms with E-state index in [1.807, 2.05) is 12.1 Å². The molecule has 0 spiro atoms. The van der Waals surface area contributed by atoms with Crippen LogP contribution in [0.2, 0.25) is 0 Å². The van der Waals surface area contributed by atoms with Crippen LogP contribution in [0.3, 0.4) is 0 Å². The maximum Gasteiger partial charge on any atom is 0.303 e. The first-order chi connectivity index (χ1) is 9.04. The summed E-state index contributed by atoms with van der Waals surface area (Å²) in [5.41, 5.74) is 8.27. The molecule has 1 saturated carbocycles. The van der Waals surface area contributed by atoms with Crippen LogP contribution in [0.1, 0.15) is 42.9 Å². The molecular weight excluding hydrogens is 242 g/mol. The number of rotatable bonds is 7. The minimum absolute atomic E-state index is 0.0624. The molecule has 0 saturated heterocycles. The molecule has 0 aromatic heterocycles. The summed E-state index contributed by atoms with van der Waals surface area (Å²) < 4.78 is 5.51. The van der Waals surface area contributed by atoms with Gasteiger partial charge in [0.25, 0.3) is 0 Å². The average Bonchev–Trinajstić information content (AvgIpc) is 3.17. The van der Waals surface area contributed by atoms with Crippen LogP contribution in [0.5, 0.6) is 0 Å². The molecule has 1 fully saturated rings. The van der Waals surface area contributed by atoms with Crippen molar-refractivity contribution in [2.45, 2.75) is 43.7 Å². The van der Waals surface area contributed by atoms with E-state index in [-0.39, 0.29) is 18.1 Å². The van der Waals surface area contributed by atoms with Gasteiger partial charge < -0.3 is 15.6 Å². The Morgan fingerprint density at radius 3 is 2.53 bits per heavy atom. The summed E-state index contributed by atoms with van der Waals surface area (Å²) in [7, 11) is 1.77. The van der Waals surface area contributed by atoms with Crippen LogP contribution in [-0.2, 0) is 16.0 Å². The van der Waals surface area contributed by atoms with Crippen LogP contribution < -0.4 is 5.73 Å². The van der Waals surface area contributed by atoms with Gasteiger partial charge in [0.05, 0.1) is 5.60 Å². The van der Waals surface area contributed by atoms with E-state index in [1.165, 1.54) is 5.56 Å². The Balaban J connectivity index is 1.92. The predicted octanol–water partition coefficient (Wildman–Crippen LogP) is 2.27. The molecule has 1 aromatic rings. The van der Waals surface area contributed by atoms with Gasteiger partial charge in [-0.05, 0) is 30.4 Å². The molecule has 0 aliphatic heterocycles. The molecule has 4 nitrogen and oxygen atoms in total. The first-order valence-electron chi connectivity index (χ1n) is 6.66. The van der Waals surface area contributed by atoms with Gasteiger partial charge in [-0.2, -0.15) is 0 Å². The summed E-state index contributed by atoms with van der Waals surface area (Å²) in [5, 5.41) is 8.65. The van der Waals surface area contributed by atoms with E-state index in [9.17, 15) is 4.79 Å². The van der Waals surface area contributed by atoms with Crippen LogP contribution >= 0.6 is 0 Å². The highest BCUT2D eigenvalue weighted by Crippen LogP contribution is 2.41. The van der Waals surface area contributed by atoms with Crippen molar-refractivity contribution >= 4 is 5.97 Å². The molecule has 2 rings (SSSR count). The third-order valence-corrected chi connectivity index (χ3v) is 3.84. The molecule has 0 heterocycles. The number of benzene rings is 1. The Morgan fingerprint density at radius 2 is 2.05 bits per heavy atom. The highest BCUT2D eigenvalue weighted by Gasteiger charge is 2.42. The number of aliphatic carboxylic acids is 1. The van der Waals surface area contributed by atoms with Crippen molar-refractivity contribution in [1.82, 2.24) is 0 Å². The second-order valence-corrected chi connectivity index (χ2v) is 5.34. The Morgan fingerprint density at radius 1 is 1.42 bits per heavy atom. The lowest BCUT2D eigenvalue weighted by Gasteiger charge is -2.15. The fraction of sp³-hybridized carbons (Fsp3) is 0.533. The second kappa shape index (κ2) is 5.72. The molecule has 1 aliphatic carbocycles. The Labute approximate surface area is 113 Å². The van der Waals surface area contributed by atoms with Crippen LogP contribution in [0.15, 0.2) is 24.3 Å². The zero-order valence-electron chi connectivity index (χ0n) is 11.3. The van der Waals surface area contributed by atoms with Crippen LogP contribution in [0.25, 0.3) is 0 Å². The normalized spacial score (nSPS) is 18.0. The van der Waals surface area contributed by atoms with Gasteiger partial charge in [-0.3, -0.25) is 4.79 Å². The number of hydrogen-bond acceptors (Lipinski definition) is 3. The topological polar surface area (TPSA) is 72.5 Å². The Bertz CT molecular complexity index is 437. The Kier molecular flexibility index (Phi) is 4.22. The summed E-state index contributed by atoms with van der Waals surface area (Å²) in [6.45, 7) is 0. The molecule has 0 radical (unpaired) electrons. The van der Waals surface area contributed by atoms with Crippen molar-refractivity contribution < 1.29 is 14.6 Å². The molecule has 0 bridgehead atoms. The highest BCUT2D eigenvalue weighted by atomic mass is 16.5. The average molecular weight is 263 g/mol. The van der Waals surface area contributed by atoms with Crippen molar-refractivity contribution in [1.29, 1.82) is 0 Å². The molecule has 1 atom stereocenters. The monoisotopic (exact) mass is 263 g/mol. The summed E-state index contributed by atoms with van der Waals surface area (Å²) >= 11 is 0. The van der Waals surface area contributed by atoms with Crippen LogP contribution in [0.4, 0.5) is 0 Å².